The second-order valence-corrected chi connectivity index (χ2v) is 4.05. The van der Waals surface area contributed by atoms with Crippen molar-refractivity contribution in [2.75, 3.05) is 0 Å². The van der Waals surface area contributed by atoms with E-state index in [9.17, 15) is 17.6 Å². The summed E-state index contributed by atoms with van der Waals surface area (Å²) in [6.45, 7) is 0. The first-order chi connectivity index (χ1) is 9.43. The van der Waals surface area contributed by atoms with Gasteiger partial charge in [-0.15, -0.1) is 0 Å². The third-order valence-electron chi connectivity index (χ3n) is 2.67. The molecular weight excluding hydrogens is 272 g/mol. The first kappa shape index (κ1) is 14.0. The van der Waals surface area contributed by atoms with Gasteiger partial charge >= 0.3 is 6.18 Å². The summed E-state index contributed by atoms with van der Waals surface area (Å²) in [4.78, 5) is 3.72. The molecule has 102 valence electrons. The van der Waals surface area contributed by atoms with Gasteiger partial charge < -0.3 is 0 Å². The van der Waals surface area contributed by atoms with Crippen molar-refractivity contribution < 1.29 is 17.6 Å². The molecule has 2 rings (SSSR count). The number of hydrogen-bond acceptors (Lipinski definition) is 2. The van der Waals surface area contributed by atoms with E-state index in [1.807, 2.05) is 6.07 Å². The quantitative estimate of drug-likeness (QED) is 0.780. The van der Waals surface area contributed by atoms with Crippen molar-refractivity contribution in [3.05, 3.63) is 53.5 Å². The Balaban J connectivity index is 2.56. The molecule has 0 N–H and O–H groups in total. The molecular formula is C14H8F4N2. The Morgan fingerprint density at radius 3 is 2.50 bits per heavy atom. The molecule has 0 fully saturated rings. The summed E-state index contributed by atoms with van der Waals surface area (Å²) >= 11 is 0. The van der Waals surface area contributed by atoms with E-state index in [-0.39, 0.29) is 17.7 Å². The van der Waals surface area contributed by atoms with Crippen LogP contribution in [0.4, 0.5) is 17.6 Å². The number of rotatable bonds is 2. The first-order valence-corrected chi connectivity index (χ1v) is 5.61. The molecule has 0 spiro atoms. The zero-order chi connectivity index (χ0) is 14.8. The fourth-order valence-electron chi connectivity index (χ4n) is 1.80. The average Bonchev–Trinajstić information content (AvgIpc) is 2.38. The third kappa shape index (κ3) is 2.77. The molecule has 1 heterocycles. The minimum Gasteiger partial charge on any atom is -0.253 e. The molecule has 0 bridgehead atoms. The van der Waals surface area contributed by atoms with Crippen LogP contribution in [-0.2, 0) is 12.6 Å². The van der Waals surface area contributed by atoms with E-state index in [0.717, 1.165) is 18.2 Å². The highest BCUT2D eigenvalue weighted by Crippen LogP contribution is 2.36. The zero-order valence-corrected chi connectivity index (χ0v) is 10.1. The summed E-state index contributed by atoms with van der Waals surface area (Å²) in [5, 5.41) is 8.50. The number of benzene rings is 1. The number of nitrogens with zero attached hydrogens (tertiary/aromatic N) is 2. The summed E-state index contributed by atoms with van der Waals surface area (Å²) in [6.07, 6.45) is -3.43. The molecule has 0 amide bonds. The predicted octanol–water partition coefficient (Wildman–Crippen LogP) is 3.97. The monoisotopic (exact) mass is 280 g/mol. The fraction of sp³-hybridized carbons (Fsp3) is 0.143. The second-order valence-electron chi connectivity index (χ2n) is 4.05. The maximum Gasteiger partial charge on any atom is 0.417 e. The van der Waals surface area contributed by atoms with Gasteiger partial charge in [-0.1, -0.05) is 18.2 Å². The molecule has 0 aliphatic rings. The Labute approximate surface area is 112 Å². The van der Waals surface area contributed by atoms with E-state index in [2.05, 4.69) is 4.98 Å². The molecule has 0 saturated carbocycles. The smallest absolute Gasteiger partial charge is 0.253 e. The molecule has 1 aromatic heterocycles. The van der Waals surface area contributed by atoms with Crippen LogP contribution in [0.5, 0.6) is 0 Å². The Bertz CT molecular complexity index is 672. The average molecular weight is 280 g/mol. The lowest BCUT2D eigenvalue weighted by molar-refractivity contribution is -0.137. The Morgan fingerprint density at radius 2 is 1.90 bits per heavy atom. The minimum absolute atomic E-state index is 0.0505. The topological polar surface area (TPSA) is 36.7 Å². The molecule has 2 nitrogen and oxygen atoms in total. The van der Waals surface area contributed by atoms with Gasteiger partial charge in [0.25, 0.3) is 0 Å². The van der Waals surface area contributed by atoms with E-state index in [1.165, 1.54) is 18.3 Å². The fourth-order valence-corrected chi connectivity index (χ4v) is 1.80. The van der Waals surface area contributed by atoms with Gasteiger partial charge in [-0.2, -0.15) is 18.4 Å². The normalized spacial score (nSPS) is 11.2. The molecule has 0 aliphatic carbocycles. The van der Waals surface area contributed by atoms with Crippen LogP contribution in [0.1, 0.15) is 11.1 Å². The van der Waals surface area contributed by atoms with Gasteiger partial charge in [0, 0.05) is 11.8 Å². The molecule has 0 radical (unpaired) electrons. The Hall–Kier alpha value is -2.42. The summed E-state index contributed by atoms with van der Waals surface area (Å²) in [7, 11) is 0. The highest BCUT2D eigenvalue weighted by molar-refractivity contribution is 5.65. The second kappa shape index (κ2) is 5.29. The lowest BCUT2D eigenvalue weighted by atomic mass is 10.0. The summed E-state index contributed by atoms with van der Waals surface area (Å²) in [5.74, 6) is -0.880. The number of hydrogen-bond donors (Lipinski definition) is 0. The molecule has 6 heteroatoms. The molecule has 0 aliphatic heterocycles. The summed E-state index contributed by atoms with van der Waals surface area (Å²) in [5.41, 5.74) is -1.32. The van der Waals surface area contributed by atoms with Crippen molar-refractivity contribution in [3.63, 3.8) is 0 Å². The van der Waals surface area contributed by atoms with Crippen molar-refractivity contribution in [1.82, 2.24) is 4.98 Å². The van der Waals surface area contributed by atoms with Crippen LogP contribution in [-0.4, -0.2) is 4.98 Å². The molecule has 1 aromatic carbocycles. The van der Waals surface area contributed by atoms with Gasteiger partial charge in [-0.05, 0) is 17.7 Å². The van der Waals surface area contributed by atoms with Crippen LogP contribution in [0, 0.1) is 17.1 Å². The van der Waals surface area contributed by atoms with Gasteiger partial charge in [0.05, 0.1) is 18.1 Å². The van der Waals surface area contributed by atoms with Gasteiger partial charge in [-0.25, -0.2) is 4.39 Å². The van der Waals surface area contributed by atoms with Crippen LogP contribution in [0.25, 0.3) is 11.3 Å². The molecule has 20 heavy (non-hydrogen) atoms. The number of aromatic nitrogens is 1. The highest BCUT2D eigenvalue weighted by atomic mass is 19.4. The highest BCUT2D eigenvalue weighted by Gasteiger charge is 2.34. The van der Waals surface area contributed by atoms with Gasteiger partial charge in [0.1, 0.15) is 11.5 Å². The van der Waals surface area contributed by atoms with E-state index in [0.29, 0.717) is 5.56 Å². The van der Waals surface area contributed by atoms with Gasteiger partial charge in [-0.3, -0.25) is 4.98 Å². The van der Waals surface area contributed by atoms with Crippen LogP contribution >= 0.6 is 0 Å². The molecule has 0 atom stereocenters. The Morgan fingerprint density at radius 1 is 1.20 bits per heavy atom. The number of halogens is 4. The first-order valence-electron chi connectivity index (χ1n) is 5.61. The minimum atomic E-state index is -4.59. The summed E-state index contributed by atoms with van der Waals surface area (Å²) in [6, 6.07) is 7.50. The van der Waals surface area contributed by atoms with Crippen LogP contribution < -0.4 is 0 Å². The third-order valence-corrected chi connectivity index (χ3v) is 2.67. The lowest BCUT2D eigenvalue weighted by Crippen LogP contribution is -2.08. The molecule has 2 aromatic rings. The standard InChI is InChI=1S/C14H8F4N2/c15-12-7-9(5-6-19)8-20-13(12)10-3-1-2-4-11(10)14(16,17)18/h1-4,7-8H,5H2. The van der Waals surface area contributed by atoms with Crippen molar-refractivity contribution in [2.45, 2.75) is 12.6 Å². The van der Waals surface area contributed by atoms with E-state index >= 15 is 0 Å². The zero-order valence-electron chi connectivity index (χ0n) is 10.1. The van der Waals surface area contributed by atoms with Crippen molar-refractivity contribution in [3.8, 4) is 17.3 Å². The van der Waals surface area contributed by atoms with Gasteiger partial charge in [0.15, 0.2) is 0 Å². The summed E-state index contributed by atoms with van der Waals surface area (Å²) < 4.78 is 52.5. The predicted molar refractivity (Wildman–Crippen MR) is 64.0 cm³/mol. The number of nitriles is 1. The van der Waals surface area contributed by atoms with Crippen LogP contribution in [0.2, 0.25) is 0 Å². The van der Waals surface area contributed by atoms with E-state index in [4.69, 9.17) is 5.26 Å². The van der Waals surface area contributed by atoms with Gasteiger partial charge in [0.2, 0.25) is 0 Å². The van der Waals surface area contributed by atoms with Crippen LogP contribution in [0.3, 0.4) is 0 Å². The largest absolute Gasteiger partial charge is 0.417 e. The van der Waals surface area contributed by atoms with Crippen LogP contribution in [0.15, 0.2) is 36.5 Å². The molecule has 0 unspecified atom stereocenters. The van der Waals surface area contributed by atoms with Crippen molar-refractivity contribution in [2.24, 2.45) is 0 Å². The number of pyridine rings is 1. The van der Waals surface area contributed by atoms with E-state index < -0.39 is 17.6 Å². The number of alkyl halides is 3. The van der Waals surface area contributed by atoms with Crippen molar-refractivity contribution in [1.29, 1.82) is 5.26 Å². The Kier molecular flexibility index (Phi) is 3.70. The molecule has 0 saturated heterocycles. The maximum atomic E-state index is 13.9. The lowest BCUT2D eigenvalue weighted by Gasteiger charge is -2.12. The van der Waals surface area contributed by atoms with E-state index in [1.54, 1.807) is 0 Å². The SMILES string of the molecule is N#CCc1cnc(-c2ccccc2C(F)(F)F)c(F)c1. The maximum absolute atomic E-state index is 13.9. The van der Waals surface area contributed by atoms with Crippen molar-refractivity contribution >= 4 is 0 Å².